The predicted octanol–water partition coefficient (Wildman–Crippen LogP) is 3.47. The Hall–Kier alpha value is -3.31. The molecule has 1 aromatic carbocycles. The molecule has 3 amide bonds. The van der Waals surface area contributed by atoms with E-state index in [0.717, 1.165) is 16.8 Å². The van der Waals surface area contributed by atoms with Crippen LogP contribution in [0.15, 0.2) is 53.0 Å². The van der Waals surface area contributed by atoms with Crippen molar-refractivity contribution in [3.05, 3.63) is 58.8 Å². The minimum atomic E-state index is -0.813. The molecule has 2 aromatic rings. The van der Waals surface area contributed by atoms with E-state index in [1.807, 2.05) is 0 Å². The number of carbonyl (C=O) groups is 3. The number of amides is 3. The molecule has 0 aliphatic carbocycles. The topological polar surface area (TPSA) is 123 Å². The van der Waals surface area contributed by atoms with Gasteiger partial charge in [0.25, 0.3) is 11.8 Å². The van der Waals surface area contributed by atoms with Gasteiger partial charge in [-0.3, -0.25) is 14.3 Å². The van der Waals surface area contributed by atoms with E-state index >= 15 is 0 Å². The number of aromatic nitrogens is 2. The van der Waals surface area contributed by atoms with Gasteiger partial charge in [-0.1, -0.05) is 17.7 Å². The highest BCUT2D eigenvalue weighted by atomic mass is 35.5. The number of benzene rings is 1. The van der Waals surface area contributed by atoms with Crippen molar-refractivity contribution in [1.29, 1.82) is 0 Å². The van der Waals surface area contributed by atoms with Crippen molar-refractivity contribution >= 4 is 41.5 Å². The van der Waals surface area contributed by atoms with Gasteiger partial charge in [-0.25, -0.2) is 19.7 Å². The molecule has 0 atom stereocenters. The third-order valence-electron chi connectivity index (χ3n) is 4.70. The van der Waals surface area contributed by atoms with Crippen LogP contribution in [0.1, 0.15) is 32.9 Å². The molecule has 0 spiro atoms. The zero-order valence-electron chi connectivity index (χ0n) is 19.8. The average Bonchev–Trinajstić information content (AvgIpc) is 2.80. The average molecular weight is 520 g/mol. The maximum atomic E-state index is 13.3. The number of hydrogen-bond donors (Lipinski definition) is 2. The van der Waals surface area contributed by atoms with Crippen molar-refractivity contribution < 1.29 is 23.9 Å². The maximum absolute atomic E-state index is 13.3. The number of hydrogen-bond acceptors (Lipinski definition) is 9. The van der Waals surface area contributed by atoms with Crippen LogP contribution in [-0.4, -0.2) is 52.0 Å². The second kappa shape index (κ2) is 11.4. The summed E-state index contributed by atoms with van der Waals surface area (Å²) in [5.74, 6) is -1.05. The molecule has 1 aliphatic heterocycles. The number of methoxy groups -OCH3 is 1. The largest absolute Gasteiger partial charge is 0.494 e. The summed E-state index contributed by atoms with van der Waals surface area (Å²) in [7, 11) is 1.47. The van der Waals surface area contributed by atoms with Gasteiger partial charge in [-0.05, 0) is 50.9 Å². The fourth-order valence-electron chi connectivity index (χ4n) is 3.16. The molecule has 1 aliphatic rings. The van der Waals surface area contributed by atoms with E-state index in [1.165, 1.54) is 13.4 Å². The molecule has 0 unspecified atom stereocenters. The molecule has 186 valence electrons. The van der Waals surface area contributed by atoms with Gasteiger partial charge in [0.05, 0.1) is 29.3 Å². The van der Waals surface area contributed by atoms with Gasteiger partial charge in [0.1, 0.15) is 17.5 Å². The minimum absolute atomic E-state index is 0.0614. The number of carbonyl (C=O) groups excluding carboxylic acids is 3. The zero-order chi connectivity index (χ0) is 25.6. The standard InChI is InChI=1S/C23H26ClN5O5S/c1-23(2,3)34-22(32)29-11-9-16(26-12-14-8-10-25-13-27-14)18(21(29)31)20(30)28-35-17-7-5-6-15(24)19(17)33-4/h5-8,10,13,26H,9,11-12H2,1-4H3,(H,28,30). The Morgan fingerprint density at radius 3 is 2.69 bits per heavy atom. The van der Waals surface area contributed by atoms with Crippen LogP contribution < -0.4 is 14.8 Å². The minimum Gasteiger partial charge on any atom is -0.494 e. The Morgan fingerprint density at radius 2 is 2.03 bits per heavy atom. The van der Waals surface area contributed by atoms with Gasteiger partial charge < -0.3 is 14.8 Å². The number of ether oxygens (including phenoxy) is 2. The SMILES string of the molecule is COc1c(Cl)cccc1SNC(=O)C1=C(NCc2ccncn2)CCN(C(=O)OC(C)(C)C)C1=O. The summed E-state index contributed by atoms with van der Waals surface area (Å²) in [5.41, 5.74) is 0.0788. The highest BCUT2D eigenvalue weighted by Gasteiger charge is 2.37. The first kappa shape index (κ1) is 26.3. The van der Waals surface area contributed by atoms with Crippen molar-refractivity contribution in [2.45, 2.75) is 44.2 Å². The Bertz CT molecular complexity index is 1140. The van der Waals surface area contributed by atoms with Gasteiger partial charge in [0, 0.05) is 24.9 Å². The van der Waals surface area contributed by atoms with Crippen LogP contribution >= 0.6 is 23.5 Å². The van der Waals surface area contributed by atoms with E-state index in [2.05, 4.69) is 20.0 Å². The van der Waals surface area contributed by atoms with Crippen molar-refractivity contribution in [3.8, 4) is 5.75 Å². The number of imide groups is 1. The van der Waals surface area contributed by atoms with E-state index in [-0.39, 0.29) is 25.1 Å². The van der Waals surface area contributed by atoms with E-state index < -0.39 is 23.5 Å². The Kier molecular flexibility index (Phi) is 8.57. The Balaban J connectivity index is 1.85. The van der Waals surface area contributed by atoms with Crippen LogP contribution in [0.5, 0.6) is 5.75 Å². The molecule has 0 fully saturated rings. The van der Waals surface area contributed by atoms with Gasteiger partial charge in [-0.15, -0.1) is 0 Å². The van der Waals surface area contributed by atoms with Gasteiger partial charge in [0.15, 0.2) is 5.75 Å². The van der Waals surface area contributed by atoms with Gasteiger partial charge >= 0.3 is 6.09 Å². The fraction of sp³-hybridized carbons (Fsp3) is 0.348. The lowest BCUT2D eigenvalue weighted by Crippen LogP contribution is -2.48. The molecule has 0 saturated heterocycles. The highest BCUT2D eigenvalue weighted by Crippen LogP contribution is 2.34. The Morgan fingerprint density at radius 1 is 1.26 bits per heavy atom. The quantitative estimate of drug-likeness (QED) is 0.418. The summed E-state index contributed by atoms with van der Waals surface area (Å²) >= 11 is 7.10. The molecule has 2 heterocycles. The van der Waals surface area contributed by atoms with Crippen LogP contribution in [0.25, 0.3) is 0 Å². The third kappa shape index (κ3) is 6.86. The first-order chi connectivity index (χ1) is 16.6. The number of nitrogens with one attached hydrogen (secondary N) is 2. The fourth-order valence-corrected chi connectivity index (χ4v) is 4.20. The summed E-state index contributed by atoms with van der Waals surface area (Å²) in [4.78, 5) is 48.6. The summed E-state index contributed by atoms with van der Waals surface area (Å²) in [6, 6.07) is 6.80. The number of halogens is 1. The van der Waals surface area contributed by atoms with Gasteiger partial charge in [0.2, 0.25) is 0 Å². The lowest BCUT2D eigenvalue weighted by Gasteiger charge is -2.30. The van der Waals surface area contributed by atoms with Crippen molar-refractivity contribution in [2.75, 3.05) is 13.7 Å². The van der Waals surface area contributed by atoms with Gasteiger partial charge in [-0.2, -0.15) is 0 Å². The molecule has 0 radical (unpaired) electrons. The maximum Gasteiger partial charge on any atom is 0.417 e. The van der Waals surface area contributed by atoms with Crippen LogP contribution in [0.3, 0.4) is 0 Å². The third-order valence-corrected chi connectivity index (χ3v) is 5.83. The van der Waals surface area contributed by atoms with Crippen LogP contribution in [0.2, 0.25) is 5.02 Å². The molecule has 12 heteroatoms. The molecule has 10 nitrogen and oxygen atoms in total. The first-order valence-electron chi connectivity index (χ1n) is 10.7. The second-order valence-electron chi connectivity index (χ2n) is 8.40. The van der Waals surface area contributed by atoms with E-state index in [9.17, 15) is 14.4 Å². The van der Waals surface area contributed by atoms with Crippen molar-refractivity contribution in [3.63, 3.8) is 0 Å². The molecular weight excluding hydrogens is 494 g/mol. The van der Waals surface area contributed by atoms with Crippen LogP contribution in [-0.2, 0) is 20.9 Å². The van der Waals surface area contributed by atoms with E-state index in [0.29, 0.717) is 27.1 Å². The van der Waals surface area contributed by atoms with E-state index in [1.54, 1.807) is 51.2 Å². The molecular formula is C23H26ClN5O5S. The molecule has 1 aromatic heterocycles. The van der Waals surface area contributed by atoms with E-state index in [4.69, 9.17) is 21.1 Å². The molecule has 0 bridgehead atoms. The lowest BCUT2D eigenvalue weighted by atomic mass is 10.0. The zero-order valence-corrected chi connectivity index (χ0v) is 21.3. The molecule has 2 N–H and O–H groups in total. The second-order valence-corrected chi connectivity index (χ2v) is 9.65. The number of para-hydroxylation sites is 1. The van der Waals surface area contributed by atoms with Crippen LogP contribution in [0, 0.1) is 0 Å². The molecule has 35 heavy (non-hydrogen) atoms. The first-order valence-corrected chi connectivity index (χ1v) is 11.9. The normalized spacial score (nSPS) is 14.0. The monoisotopic (exact) mass is 519 g/mol. The predicted molar refractivity (Wildman–Crippen MR) is 130 cm³/mol. The number of rotatable bonds is 7. The lowest BCUT2D eigenvalue weighted by molar-refractivity contribution is -0.130. The smallest absolute Gasteiger partial charge is 0.417 e. The summed E-state index contributed by atoms with van der Waals surface area (Å²) in [6.07, 6.45) is 2.43. The summed E-state index contributed by atoms with van der Waals surface area (Å²) in [5, 5.41) is 3.49. The number of nitrogens with zero attached hydrogens (tertiary/aromatic N) is 3. The molecule has 3 rings (SSSR count). The summed E-state index contributed by atoms with van der Waals surface area (Å²) in [6.45, 7) is 5.43. The Labute approximate surface area is 212 Å². The van der Waals surface area contributed by atoms with Crippen molar-refractivity contribution in [1.82, 2.24) is 24.9 Å². The van der Waals surface area contributed by atoms with Crippen LogP contribution in [0.4, 0.5) is 4.79 Å². The molecule has 0 saturated carbocycles. The highest BCUT2D eigenvalue weighted by molar-refractivity contribution is 7.98. The summed E-state index contributed by atoms with van der Waals surface area (Å²) < 4.78 is 13.3. The van der Waals surface area contributed by atoms with Crippen molar-refractivity contribution in [2.24, 2.45) is 0 Å².